The Kier molecular flexibility index (Phi) is 7.01. The lowest BCUT2D eigenvalue weighted by Gasteiger charge is -2.37. The van der Waals surface area contributed by atoms with Gasteiger partial charge in [-0.2, -0.15) is 11.8 Å². The molecule has 1 fully saturated rings. The second-order valence-corrected chi connectivity index (χ2v) is 7.13. The number of ether oxygens (including phenoxy) is 1. The van der Waals surface area contributed by atoms with Gasteiger partial charge < -0.3 is 15.2 Å². The summed E-state index contributed by atoms with van der Waals surface area (Å²) in [5.74, 6) is 1.91. The molecule has 0 unspecified atom stereocenters. The van der Waals surface area contributed by atoms with Crippen LogP contribution in [0, 0.1) is 0 Å². The van der Waals surface area contributed by atoms with Crippen LogP contribution in [0.15, 0.2) is 23.4 Å². The summed E-state index contributed by atoms with van der Waals surface area (Å²) in [6.45, 7) is 0.778. The first-order valence-corrected chi connectivity index (χ1v) is 9.68. The molecule has 1 amide bonds. The van der Waals surface area contributed by atoms with E-state index < -0.39 is 0 Å². The molecule has 1 saturated heterocycles. The first-order valence-electron chi connectivity index (χ1n) is 7.30. The first kappa shape index (κ1) is 17.6. The maximum Gasteiger partial charge on any atom is 0.254 e. The normalized spacial score (nSPS) is 17.2. The van der Waals surface area contributed by atoms with Gasteiger partial charge in [0.2, 0.25) is 0 Å². The molecule has 0 saturated carbocycles. The number of amides is 1. The lowest BCUT2D eigenvalue weighted by atomic mass is 9.96. The zero-order chi connectivity index (χ0) is 15.8. The quantitative estimate of drug-likeness (QED) is 0.737. The van der Waals surface area contributed by atoms with Gasteiger partial charge in [-0.1, -0.05) is 0 Å². The Morgan fingerprint density at radius 3 is 3.00 bits per heavy atom. The number of hydrogen-bond donors (Lipinski definition) is 2. The highest BCUT2D eigenvalue weighted by Gasteiger charge is 2.33. The number of hydrogen-bond acceptors (Lipinski definition) is 6. The third-order valence-electron chi connectivity index (χ3n) is 3.68. The molecule has 0 aliphatic carbocycles. The second kappa shape index (κ2) is 8.76. The van der Waals surface area contributed by atoms with Crippen LogP contribution in [0.5, 0.6) is 0 Å². The summed E-state index contributed by atoms with van der Waals surface area (Å²) in [7, 11) is 0. The maximum absolute atomic E-state index is 12.4. The fourth-order valence-electron chi connectivity index (χ4n) is 2.44. The number of carbonyl (C=O) groups is 1. The molecule has 2 heterocycles. The number of nitrogens with one attached hydrogen (secondary N) is 1. The van der Waals surface area contributed by atoms with E-state index in [4.69, 9.17) is 9.84 Å². The van der Waals surface area contributed by atoms with Gasteiger partial charge in [-0.3, -0.25) is 4.79 Å². The standard InChI is InChI=1S/C15H22N2O3S2/c1-21-14-12(3-2-6-16-14)13(19)17-11-15(20-8-7-18)4-9-22-10-5-15/h2-3,6,18H,4-5,7-11H2,1H3,(H,17,19). The van der Waals surface area contributed by atoms with Crippen LogP contribution in [0.3, 0.4) is 0 Å². The molecule has 1 aromatic rings. The molecule has 7 heteroatoms. The van der Waals surface area contributed by atoms with E-state index in [0.717, 1.165) is 29.4 Å². The average Bonchev–Trinajstić information content (AvgIpc) is 2.59. The van der Waals surface area contributed by atoms with Crippen LogP contribution < -0.4 is 5.32 Å². The molecule has 1 aromatic heterocycles. The van der Waals surface area contributed by atoms with E-state index in [1.165, 1.54) is 11.8 Å². The van der Waals surface area contributed by atoms with Crippen molar-refractivity contribution in [2.45, 2.75) is 23.5 Å². The number of rotatable bonds is 7. The highest BCUT2D eigenvalue weighted by Crippen LogP contribution is 2.30. The number of aliphatic hydroxyl groups is 1. The van der Waals surface area contributed by atoms with Crippen molar-refractivity contribution < 1.29 is 14.6 Å². The minimum Gasteiger partial charge on any atom is -0.394 e. The largest absolute Gasteiger partial charge is 0.394 e. The van der Waals surface area contributed by atoms with Crippen molar-refractivity contribution in [2.75, 3.05) is 37.5 Å². The van der Waals surface area contributed by atoms with Gasteiger partial charge in [-0.15, -0.1) is 11.8 Å². The summed E-state index contributed by atoms with van der Waals surface area (Å²) in [5, 5.41) is 12.7. The van der Waals surface area contributed by atoms with Gasteiger partial charge in [-0.25, -0.2) is 4.98 Å². The first-order chi connectivity index (χ1) is 10.7. The number of aliphatic hydroxyl groups excluding tert-OH is 1. The van der Waals surface area contributed by atoms with E-state index in [0.29, 0.717) is 18.7 Å². The van der Waals surface area contributed by atoms with E-state index in [9.17, 15) is 4.79 Å². The van der Waals surface area contributed by atoms with Gasteiger partial charge in [0.25, 0.3) is 5.91 Å². The molecule has 0 radical (unpaired) electrons. The van der Waals surface area contributed by atoms with Crippen molar-refractivity contribution in [2.24, 2.45) is 0 Å². The highest BCUT2D eigenvalue weighted by atomic mass is 32.2. The van der Waals surface area contributed by atoms with Crippen LogP contribution in [0.2, 0.25) is 0 Å². The van der Waals surface area contributed by atoms with Crippen molar-refractivity contribution in [1.29, 1.82) is 0 Å². The topological polar surface area (TPSA) is 71.5 Å². The Hall–Kier alpha value is -0.760. The summed E-state index contributed by atoms with van der Waals surface area (Å²) in [5.41, 5.74) is 0.239. The van der Waals surface area contributed by atoms with Crippen molar-refractivity contribution in [1.82, 2.24) is 10.3 Å². The van der Waals surface area contributed by atoms with Crippen LogP contribution in [0.25, 0.3) is 0 Å². The summed E-state index contributed by atoms with van der Waals surface area (Å²) in [6, 6.07) is 3.55. The highest BCUT2D eigenvalue weighted by molar-refractivity contribution is 7.99. The number of aromatic nitrogens is 1. The van der Waals surface area contributed by atoms with Crippen LogP contribution in [0.4, 0.5) is 0 Å². The van der Waals surface area contributed by atoms with Gasteiger partial charge in [0.1, 0.15) is 5.03 Å². The molecule has 0 aromatic carbocycles. The van der Waals surface area contributed by atoms with Gasteiger partial charge in [0.15, 0.2) is 0 Å². The minimum absolute atomic E-state index is 0.00205. The second-order valence-electron chi connectivity index (χ2n) is 5.11. The molecule has 5 nitrogen and oxygen atoms in total. The molecule has 0 bridgehead atoms. The summed E-state index contributed by atoms with van der Waals surface area (Å²) < 4.78 is 5.86. The van der Waals surface area contributed by atoms with Gasteiger partial charge >= 0.3 is 0 Å². The summed E-state index contributed by atoms with van der Waals surface area (Å²) in [6.07, 6.45) is 5.37. The fourth-order valence-corrected chi connectivity index (χ4v) is 4.22. The van der Waals surface area contributed by atoms with E-state index in [1.807, 2.05) is 18.0 Å². The zero-order valence-electron chi connectivity index (χ0n) is 12.7. The third-order valence-corrected chi connectivity index (χ3v) is 5.38. The molecule has 2 N–H and O–H groups in total. The fraction of sp³-hybridized carbons (Fsp3) is 0.600. The van der Waals surface area contributed by atoms with E-state index in [1.54, 1.807) is 18.3 Å². The molecule has 22 heavy (non-hydrogen) atoms. The molecular weight excluding hydrogens is 320 g/mol. The van der Waals surface area contributed by atoms with Gasteiger partial charge in [0.05, 0.1) is 24.4 Å². The van der Waals surface area contributed by atoms with Crippen molar-refractivity contribution in [3.05, 3.63) is 23.9 Å². The van der Waals surface area contributed by atoms with Gasteiger partial charge in [-0.05, 0) is 42.7 Å². The lowest BCUT2D eigenvalue weighted by Crippen LogP contribution is -2.48. The Morgan fingerprint density at radius 2 is 2.32 bits per heavy atom. The van der Waals surface area contributed by atoms with Crippen molar-refractivity contribution in [3.8, 4) is 0 Å². The Bertz CT molecular complexity index is 493. The monoisotopic (exact) mass is 342 g/mol. The summed E-state index contributed by atoms with van der Waals surface area (Å²) in [4.78, 5) is 16.6. The minimum atomic E-state index is -0.356. The SMILES string of the molecule is CSc1ncccc1C(=O)NCC1(OCCO)CCSCC1. The zero-order valence-corrected chi connectivity index (χ0v) is 14.3. The Morgan fingerprint density at radius 1 is 1.55 bits per heavy atom. The van der Waals surface area contributed by atoms with Crippen LogP contribution in [0.1, 0.15) is 23.2 Å². The molecule has 1 aliphatic heterocycles. The van der Waals surface area contributed by atoms with Crippen molar-refractivity contribution >= 4 is 29.4 Å². The van der Waals surface area contributed by atoms with E-state index in [-0.39, 0.29) is 18.1 Å². The Balaban J connectivity index is 2.00. The smallest absolute Gasteiger partial charge is 0.254 e. The van der Waals surface area contributed by atoms with Crippen LogP contribution >= 0.6 is 23.5 Å². The third kappa shape index (κ3) is 4.62. The summed E-state index contributed by atoms with van der Waals surface area (Å²) >= 11 is 3.36. The molecule has 122 valence electrons. The molecule has 0 atom stereocenters. The van der Waals surface area contributed by atoms with Crippen molar-refractivity contribution in [3.63, 3.8) is 0 Å². The molecule has 1 aliphatic rings. The van der Waals surface area contributed by atoms with E-state index >= 15 is 0 Å². The number of pyridine rings is 1. The Labute approximate surface area is 139 Å². The number of carbonyl (C=O) groups excluding carboxylic acids is 1. The van der Waals surface area contributed by atoms with Crippen LogP contribution in [-0.4, -0.2) is 59.1 Å². The predicted molar refractivity (Wildman–Crippen MR) is 90.7 cm³/mol. The molecule has 0 spiro atoms. The number of nitrogens with zero attached hydrogens (tertiary/aromatic N) is 1. The average molecular weight is 342 g/mol. The molecule has 2 rings (SSSR count). The van der Waals surface area contributed by atoms with Gasteiger partial charge in [0, 0.05) is 12.7 Å². The maximum atomic E-state index is 12.4. The molecular formula is C15H22N2O3S2. The predicted octanol–water partition coefficient (Wildman–Crippen LogP) is 1.81. The lowest BCUT2D eigenvalue weighted by molar-refractivity contribution is -0.0608. The van der Waals surface area contributed by atoms with Crippen LogP contribution in [-0.2, 0) is 4.74 Å². The number of thioether (sulfide) groups is 2. The van der Waals surface area contributed by atoms with E-state index in [2.05, 4.69) is 10.3 Å².